The summed E-state index contributed by atoms with van der Waals surface area (Å²) < 4.78 is 0. The van der Waals surface area contributed by atoms with Gasteiger partial charge in [-0.25, -0.2) is 0 Å². The van der Waals surface area contributed by atoms with Crippen LogP contribution in [0.1, 0.15) is 38.2 Å². The van der Waals surface area contributed by atoms with Gasteiger partial charge in [0, 0.05) is 42.0 Å². The molecular weight excluding hydrogens is 347 g/mol. The average Bonchev–Trinajstić information content (AvgIpc) is 2.57. The Labute approximate surface area is 153 Å². The molecule has 0 saturated carbocycles. The average molecular weight is 371 g/mol. The second kappa shape index (κ2) is 9.28. The van der Waals surface area contributed by atoms with Crippen molar-refractivity contribution in [1.82, 2.24) is 10.2 Å². The van der Waals surface area contributed by atoms with Crippen molar-refractivity contribution in [2.75, 3.05) is 19.6 Å². The molecule has 6 heteroatoms. The van der Waals surface area contributed by atoms with E-state index in [1.807, 2.05) is 17.9 Å². The minimum absolute atomic E-state index is 0.00336. The molecule has 1 aromatic carbocycles. The molecule has 2 amide bonds. The van der Waals surface area contributed by atoms with Gasteiger partial charge in [-0.05, 0) is 43.4 Å². The summed E-state index contributed by atoms with van der Waals surface area (Å²) in [5, 5.41) is 4.21. The first-order valence-corrected chi connectivity index (χ1v) is 9.26. The summed E-state index contributed by atoms with van der Waals surface area (Å²) in [6.45, 7) is 3.92. The van der Waals surface area contributed by atoms with Crippen molar-refractivity contribution in [2.24, 2.45) is 5.92 Å². The summed E-state index contributed by atoms with van der Waals surface area (Å²) >= 11 is 12.0. The van der Waals surface area contributed by atoms with Gasteiger partial charge in [-0.15, -0.1) is 0 Å². The highest BCUT2D eigenvalue weighted by molar-refractivity contribution is 6.35. The summed E-state index contributed by atoms with van der Waals surface area (Å²) in [6.07, 6.45) is 3.62. The van der Waals surface area contributed by atoms with Crippen LogP contribution in [0.5, 0.6) is 0 Å². The zero-order chi connectivity index (χ0) is 17.5. The van der Waals surface area contributed by atoms with Gasteiger partial charge in [-0.1, -0.05) is 36.2 Å². The van der Waals surface area contributed by atoms with Crippen molar-refractivity contribution in [3.63, 3.8) is 0 Å². The van der Waals surface area contributed by atoms with Gasteiger partial charge < -0.3 is 10.2 Å². The van der Waals surface area contributed by atoms with Gasteiger partial charge in [-0.3, -0.25) is 9.59 Å². The van der Waals surface area contributed by atoms with Gasteiger partial charge in [0.05, 0.1) is 0 Å². The Morgan fingerprint density at radius 2 is 1.96 bits per heavy atom. The standard InChI is InChI=1S/C18H24Cl2N2O2/c1-2-3-17(23)22-10-7-14(8-11-22)18(24)21-9-6-13-4-5-15(19)12-16(13)20/h4-5,12,14H,2-3,6-11H2,1H3,(H,21,24). The van der Waals surface area contributed by atoms with Gasteiger partial charge >= 0.3 is 0 Å². The molecular formula is C18H24Cl2N2O2. The summed E-state index contributed by atoms with van der Waals surface area (Å²) in [7, 11) is 0. The SMILES string of the molecule is CCCC(=O)N1CCC(C(=O)NCCc2ccc(Cl)cc2Cl)CC1. The van der Waals surface area contributed by atoms with Crippen LogP contribution < -0.4 is 5.32 Å². The van der Waals surface area contributed by atoms with E-state index in [2.05, 4.69) is 5.32 Å². The van der Waals surface area contributed by atoms with Crippen molar-refractivity contribution in [3.8, 4) is 0 Å². The normalized spacial score (nSPS) is 15.4. The fourth-order valence-corrected chi connectivity index (χ4v) is 3.46. The van der Waals surface area contributed by atoms with Crippen molar-refractivity contribution < 1.29 is 9.59 Å². The zero-order valence-electron chi connectivity index (χ0n) is 14.0. The first-order valence-electron chi connectivity index (χ1n) is 8.50. The fraction of sp³-hybridized carbons (Fsp3) is 0.556. The maximum absolute atomic E-state index is 12.3. The number of carbonyl (C=O) groups is 2. The van der Waals surface area contributed by atoms with E-state index in [1.54, 1.807) is 12.1 Å². The molecule has 0 bridgehead atoms. The number of likely N-dealkylation sites (tertiary alicyclic amines) is 1. The van der Waals surface area contributed by atoms with Gasteiger partial charge in [-0.2, -0.15) is 0 Å². The van der Waals surface area contributed by atoms with Crippen LogP contribution in [-0.2, 0) is 16.0 Å². The first-order chi connectivity index (χ1) is 11.5. The molecule has 0 spiro atoms. The highest BCUT2D eigenvalue weighted by Gasteiger charge is 2.26. The van der Waals surface area contributed by atoms with Crippen molar-refractivity contribution in [2.45, 2.75) is 39.0 Å². The lowest BCUT2D eigenvalue weighted by Crippen LogP contribution is -2.43. The number of hydrogen-bond acceptors (Lipinski definition) is 2. The molecule has 24 heavy (non-hydrogen) atoms. The van der Waals surface area contributed by atoms with E-state index in [1.165, 1.54) is 0 Å². The highest BCUT2D eigenvalue weighted by Crippen LogP contribution is 2.21. The predicted octanol–water partition coefficient (Wildman–Crippen LogP) is 3.69. The third kappa shape index (κ3) is 5.38. The molecule has 0 aromatic heterocycles. The van der Waals surface area contributed by atoms with Crippen LogP contribution in [0.15, 0.2) is 18.2 Å². The Bertz CT molecular complexity index is 584. The van der Waals surface area contributed by atoms with E-state index in [4.69, 9.17) is 23.2 Å². The largest absolute Gasteiger partial charge is 0.356 e. The molecule has 1 heterocycles. The molecule has 0 atom stereocenters. The van der Waals surface area contributed by atoms with Crippen LogP contribution in [-0.4, -0.2) is 36.3 Å². The molecule has 0 unspecified atom stereocenters. The van der Waals surface area contributed by atoms with Gasteiger partial charge in [0.2, 0.25) is 11.8 Å². The molecule has 1 fully saturated rings. The van der Waals surface area contributed by atoms with Crippen LogP contribution in [0.3, 0.4) is 0 Å². The molecule has 1 N–H and O–H groups in total. The minimum Gasteiger partial charge on any atom is -0.356 e. The Morgan fingerprint density at radius 1 is 1.25 bits per heavy atom. The van der Waals surface area contributed by atoms with Crippen LogP contribution in [0, 0.1) is 5.92 Å². The predicted molar refractivity (Wildman–Crippen MR) is 97.4 cm³/mol. The summed E-state index contributed by atoms with van der Waals surface area (Å²) in [5.41, 5.74) is 0.973. The molecule has 1 aromatic rings. The van der Waals surface area contributed by atoms with Crippen molar-refractivity contribution in [1.29, 1.82) is 0 Å². The molecule has 0 aliphatic carbocycles. The Kier molecular flexibility index (Phi) is 7.38. The molecule has 0 radical (unpaired) electrons. The van der Waals surface area contributed by atoms with E-state index in [9.17, 15) is 9.59 Å². The lowest BCUT2D eigenvalue weighted by molar-refractivity contribution is -0.135. The third-order valence-corrected chi connectivity index (χ3v) is 4.98. The monoisotopic (exact) mass is 370 g/mol. The highest BCUT2D eigenvalue weighted by atomic mass is 35.5. The summed E-state index contributed by atoms with van der Waals surface area (Å²) in [4.78, 5) is 26.0. The van der Waals surface area contributed by atoms with Gasteiger partial charge in [0.15, 0.2) is 0 Å². The zero-order valence-corrected chi connectivity index (χ0v) is 15.5. The van der Waals surface area contributed by atoms with E-state index >= 15 is 0 Å². The maximum Gasteiger partial charge on any atom is 0.223 e. The Balaban J connectivity index is 1.73. The van der Waals surface area contributed by atoms with Crippen LogP contribution in [0.4, 0.5) is 0 Å². The molecule has 132 valence electrons. The number of halogens is 2. The molecule has 2 rings (SSSR count). The third-order valence-electron chi connectivity index (χ3n) is 4.39. The molecule has 1 aliphatic rings. The van der Waals surface area contributed by atoms with Gasteiger partial charge in [0.1, 0.15) is 0 Å². The maximum atomic E-state index is 12.3. The number of hydrogen-bond donors (Lipinski definition) is 1. The van der Waals surface area contributed by atoms with E-state index in [0.717, 1.165) is 24.8 Å². The number of piperidine rings is 1. The molecule has 1 aliphatic heterocycles. The number of nitrogens with one attached hydrogen (secondary N) is 1. The lowest BCUT2D eigenvalue weighted by atomic mass is 9.95. The Morgan fingerprint density at radius 3 is 2.58 bits per heavy atom. The quantitative estimate of drug-likeness (QED) is 0.829. The number of amides is 2. The smallest absolute Gasteiger partial charge is 0.223 e. The topological polar surface area (TPSA) is 49.4 Å². The second-order valence-corrected chi connectivity index (χ2v) is 7.03. The molecule has 4 nitrogen and oxygen atoms in total. The summed E-state index contributed by atoms with van der Waals surface area (Å²) in [6, 6.07) is 5.39. The summed E-state index contributed by atoms with van der Waals surface area (Å²) in [5.74, 6) is 0.271. The minimum atomic E-state index is -0.00336. The molecule has 1 saturated heterocycles. The second-order valence-electron chi connectivity index (χ2n) is 6.18. The number of rotatable bonds is 6. The van der Waals surface area contributed by atoms with Crippen LogP contribution in [0.2, 0.25) is 10.0 Å². The number of benzene rings is 1. The van der Waals surface area contributed by atoms with Crippen molar-refractivity contribution in [3.05, 3.63) is 33.8 Å². The van der Waals surface area contributed by atoms with E-state index < -0.39 is 0 Å². The number of nitrogens with zero attached hydrogens (tertiary/aromatic N) is 1. The Hall–Kier alpha value is -1.26. The van der Waals surface area contributed by atoms with Crippen molar-refractivity contribution >= 4 is 35.0 Å². The van der Waals surface area contributed by atoms with E-state index in [0.29, 0.717) is 42.5 Å². The fourth-order valence-electron chi connectivity index (χ4n) is 2.95. The van der Waals surface area contributed by atoms with Gasteiger partial charge in [0.25, 0.3) is 0 Å². The number of carbonyl (C=O) groups excluding carboxylic acids is 2. The van der Waals surface area contributed by atoms with Crippen LogP contribution >= 0.6 is 23.2 Å². The van der Waals surface area contributed by atoms with Crippen LogP contribution in [0.25, 0.3) is 0 Å². The lowest BCUT2D eigenvalue weighted by Gasteiger charge is -2.31. The van der Waals surface area contributed by atoms with E-state index in [-0.39, 0.29) is 17.7 Å². The first kappa shape index (κ1) is 19.1.